The van der Waals surface area contributed by atoms with Gasteiger partial charge in [0, 0.05) is 23.3 Å². The SMILES string of the molecule is Cc1ccc(NC(=O)N(CCC#N)C2CC2)cc1Cl. The van der Waals surface area contributed by atoms with Gasteiger partial charge in [0.25, 0.3) is 0 Å². The van der Waals surface area contributed by atoms with E-state index >= 15 is 0 Å². The standard InChI is InChI=1S/C14H16ClN3O/c1-10-3-4-11(9-13(10)15)17-14(19)18(8-2-7-16)12-5-6-12/h3-4,9,12H,2,5-6,8H2,1H3,(H,17,19). The molecule has 0 bridgehead atoms. The van der Waals surface area contributed by atoms with Gasteiger partial charge in [-0.05, 0) is 37.5 Å². The Morgan fingerprint density at radius 3 is 2.89 bits per heavy atom. The molecule has 5 heteroatoms. The maximum absolute atomic E-state index is 12.2. The molecular formula is C14H16ClN3O. The van der Waals surface area contributed by atoms with Gasteiger partial charge >= 0.3 is 6.03 Å². The number of benzene rings is 1. The van der Waals surface area contributed by atoms with E-state index in [4.69, 9.17) is 16.9 Å². The monoisotopic (exact) mass is 277 g/mol. The molecule has 0 heterocycles. The Morgan fingerprint density at radius 2 is 2.32 bits per heavy atom. The van der Waals surface area contributed by atoms with Crippen molar-refractivity contribution in [3.05, 3.63) is 28.8 Å². The minimum Gasteiger partial charge on any atom is -0.321 e. The topological polar surface area (TPSA) is 56.1 Å². The normalized spacial score (nSPS) is 13.7. The molecule has 1 fully saturated rings. The fourth-order valence-corrected chi connectivity index (χ4v) is 2.05. The van der Waals surface area contributed by atoms with Crippen molar-refractivity contribution < 1.29 is 4.79 Å². The molecule has 2 amide bonds. The molecule has 1 aromatic rings. The quantitative estimate of drug-likeness (QED) is 0.915. The van der Waals surface area contributed by atoms with E-state index in [1.54, 1.807) is 11.0 Å². The van der Waals surface area contributed by atoms with Gasteiger partial charge in [-0.25, -0.2) is 4.79 Å². The molecule has 19 heavy (non-hydrogen) atoms. The number of halogens is 1. The van der Waals surface area contributed by atoms with Crippen LogP contribution in [0.15, 0.2) is 18.2 Å². The van der Waals surface area contributed by atoms with E-state index in [9.17, 15) is 4.79 Å². The van der Waals surface area contributed by atoms with Crippen LogP contribution in [-0.4, -0.2) is 23.5 Å². The molecule has 0 unspecified atom stereocenters. The van der Waals surface area contributed by atoms with Crippen LogP contribution in [0.25, 0.3) is 0 Å². The molecule has 0 atom stereocenters. The summed E-state index contributed by atoms with van der Waals surface area (Å²) < 4.78 is 0. The van der Waals surface area contributed by atoms with Gasteiger partial charge in [0.1, 0.15) is 0 Å². The van der Waals surface area contributed by atoms with Crippen LogP contribution >= 0.6 is 11.6 Å². The summed E-state index contributed by atoms with van der Waals surface area (Å²) in [5.74, 6) is 0. The third kappa shape index (κ3) is 3.62. The van der Waals surface area contributed by atoms with Gasteiger partial charge in [0.15, 0.2) is 0 Å². The molecule has 0 saturated heterocycles. The van der Waals surface area contributed by atoms with E-state index in [0.717, 1.165) is 18.4 Å². The van der Waals surface area contributed by atoms with E-state index in [1.165, 1.54) is 0 Å². The maximum Gasteiger partial charge on any atom is 0.322 e. The zero-order valence-electron chi connectivity index (χ0n) is 10.8. The molecule has 0 aliphatic heterocycles. The Bertz CT molecular complexity index is 520. The average Bonchev–Trinajstić information content (AvgIpc) is 3.19. The highest BCUT2D eigenvalue weighted by molar-refractivity contribution is 6.31. The summed E-state index contributed by atoms with van der Waals surface area (Å²) in [6, 6.07) is 7.64. The van der Waals surface area contributed by atoms with E-state index in [0.29, 0.717) is 23.7 Å². The second-order valence-corrected chi connectivity index (χ2v) is 5.13. The largest absolute Gasteiger partial charge is 0.322 e. The van der Waals surface area contributed by atoms with Gasteiger partial charge in [0.05, 0.1) is 12.5 Å². The number of aryl methyl sites for hydroxylation is 1. The van der Waals surface area contributed by atoms with Crippen molar-refractivity contribution in [1.82, 2.24) is 4.90 Å². The summed E-state index contributed by atoms with van der Waals surface area (Å²) in [4.78, 5) is 13.9. The number of nitrogens with one attached hydrogen (secondary N) is 1. The van der Waals surface area contributed by atoms with E-state index < -0.39 is 0 Å². The highest BCUT2D eigenvalue weighted by atomic mass is 35.5. The highest BCUT2D eigenvalue weighted by Crippen LogP contribution is 2.28. The first-order valence-corrected chi connectivity index (χ1v) is 6.70. The number of carbonyl (C=O) groups is 1. The minimum atomic E-state index is -0.155. The van der Waals surface area contributed by atoms with Crippen LogP contribution in [0.1, 0.15) is 24.8 Å². The summed E-state index contributed by atoms with van der Waals surface area (Å²) in [5.41, 5.74) is 1.66. The maximum atomic E-state index is 12.2. The second-order valence-electron chi connectivity index (χ2n) is 4.73. The number of rotatable bonds is 4. The smallest absolute Gasteiger partial charge is 0.321 e. The van der Waals surface area contributed by atoms with E-state index in [1.807, 2.05) is 19.1 Å². The number of hydrogen-bond donors (Lipinski definition) is 1. The van der Waals surface area contributed by atoms with Crippen molar-refractivity contribution in [2.24, 2.45) is 0 Å². The van der Waals surface area contributed by atoms with Crippen molar-refractivity contribution >= 4 is 23.3 Å². The number of nitrogens with zero attached hydrogens (tertiary/aromatic N) is 2. The number of amides is 2. The summed E-state index contributed by atoms with van der Waals surface area (Å²) in [6.07, 6.45) is 2.40. The molecule has 100 valence electrons. The van der Waals surface area contributed by atoms with Gasteiger partial charge in [0.2, 0.25) is 0 Å². The van der Waals surface area contributed by atoms with Crippen molar-refractivity contribution in [3.8, 4) is 6.07 Å². The first kappa shape index (κ1) is 13.7. The summed E-state index contributed by atoms with van der Waals surface area (Å²) in [6.45, 7) is 2.39. The molecule has 2 rings (SSSR count). The Kier molecular flexibility index (Phi) is 4.28. The fraction of sp³-hybridized carbons (Fsp3) is 0.429. The lowest BCUT2D eigenvalue weighted by Gasteiger charge is -2.21. The molecular weight excluding hydrogens is 262 g/mol. The first-order chi connectivity index (χ1) is 9.11. The Morgan fingerprint density at radius 1 is 1.58 bits per heavy atom. The lowest BCUT2D eigenvalue weighted by Crippen LogP contribution is -2.37. The molecule has 1 aliphatic carbocycles. The van der Waals surface area contributed by atoms with Gasteiger partial charge in [-0.2, -0.15) is 5.26 Å². The lowest BCUT2D eigenvalue weighted by atomic mass is 10.2. The fourth-order valence-electron chi connectivity index (χ4n) is 1.87. The highest BCUT2D eigenvalue weighted by Gasteiger charge is 2.32. The molecule has 0 radical (unpaired) electrons. The van der Waals surface area contributed by atoms with E-state index in [2.05, 4.69) is 11.4 Å². The van der Waals surface area contributed by atoms with Gasteiger partial charge in [-0.1, -0.05) is 17.7 Å². The zero-order chi connectivity index (χ0) is 13.8. The molecule has 1 saturated carbocycles. The first-order valence-electron chi connectivity index (χ1n) is 6.32. The summed E-state index contributed by atoms with van der Waals surface area (Å²) in [5, 5.41) is 12.1. The molecule has 1 aromatic carbocycles. The van der Waals surface area contributed by atoms with Gasteiger partial charge < -0.3 is 10.2 Å². The molecule has 0 spiro atoms. The Balaban J connectivity index is 2.01. The van der Waals surface area contributed by atoms with Crippen LogP contribution in [-0.2, 0) is 0 Å². The molecule has 1 aliphatic rings. The van der Waals surface area contributed by atoms with Crippen LogP contribution in [0.5, 0.6) is 0 Å². The van der Waals surface area contributed by atoms with Crippen LogP contribution in [0.3, 0.4) is 0 Å². The third-order valence-corrected chi connectivity index (χ3v) is 3.54. The Labute approximate surface area is 118 Å². The van der Waals surface area contributed by atoms with Crippen LogP contribution in [0, 0.1) is 18.3 Å². The van der Waals surface area contributed by atoms with Crippen molar-refractivity contribution in [1.29, 1.82) is 5.26 Å². The van der Waals surface area contributed by atoms with E-state index in [-0.39, 0.29) is 12.1 Å². The predicted molar refractivity (Wildman–Crippen MR) is 75.2 cm³/mol. The average molecular weight is 278 g/mol. The minimum absolute atomic E-state index is 0.155. The second kappa shape index (κ2) is 5.94. The summed E-state index contributed by atoms with van der Waals surface area (Å²) >= 11 is 6.03. The molecule has 1 N–H and O–H groups in total. The number of nitriles is 1. The van der Waals surface area contributed by atoms with Crippen molar-refractivity contribution in [3.63, 3.8) is 0 Å². The predicted octanol–water partition coefficient (Wildman–Crippen LogP) is 3.56. The molecule has 4 nitrogen and oxygen atoms in total. The van der Waals surface area contributed by atoms with Gasteiger partial charge in [-0.3, -0.25) is 0 Å². The summed E-state index contributed by atoms with van der Waals surface area (Å²) in [7, 11) is 0. The Hall–Kier alpha value is -1.73. The van der Waals surface area contributed by atoms with Gasteiger partial charge in [-0.15, -0.1) is 0 Å². The van der Waals surface area contributed by atoms with Crippen LogP contribution < -0.4 is 5.32 Å². The molecule has 0 aromatic heterocycles. The third-order valence-electron chi connectivity index (χ3n) is 3.14. The van der Waals surface area contributed by atoms with Crippen LogP contribution in [0.4, 0.5) is 10.5 Å². The lowest BCUT2D eigenvalue weighted by molar-refractivity contribution is 0.210. The number of urea groups is 1. The van der Waals surface area contributed by atoms with Crippen molar-refractivity contribution in [2.45, 2.75) is 32.2 Å². The van der Waals surface area contributed by atoms with Crippen molar-refractivity contribution in [2.75, 3.05) is 11.9 Å². The number of carbonyl (C=O) groups excluding carboxylic acids is 1. The number of hydrogen-bond acceptors (Lipinski definition) is 2. The zero-order valence-corrected chi connectivity index (χ0v) is 11.6. The number of anilines is 1. The van der Waals surface area contributed by atoms with Crippen LogP contribution in [0.2, 0.25) is 5.02 Å².